The van der Waals surface area contributed by atoms with Gasteiger partial charge in [0, 0.05) is 66.2 Å². The van der Waals surface area contributed by atoms with E-state index in [2.05, 4.69) is 22.0 Å². The van der Waals surface area contributed by atoms with Gasteiger partial charge < -0.3 is 19.7 Å². The third kappa shape index (κ3) is 3.21. The number of carbonyl (C=O) groups is 1. The number of benzene rings is 2. The highest BCUT2D eigenvalue weighted by atomic mass is 35.5. The topological polar surface area (TPSA) is 68.8 Å². The third-order valence-corrected chi connectivity index (χ3v) is 7.10. The molecular formula is C24H26ClN3O3. The Bertz CT molecular complexity index is 1150. The van der Waals surface area contributed by atoms with E-state index in [1.165, 1.54) is 5.56 Å². The highest BCUT2D eigenvalue weighted by Crippen LogP contribution is 2.49. The molecule has 1 aromatic heterocycles. The number of aromatic nitrogens is 1. The number of hydrogen-bond acceptors (Lipinski definition) is 4. The van der Waals surface area contributed by atoms with Crippen molar-refractivity contribution in [3.05, 3.63) is 64.3 Å². The Labute approximate surface area is 186 Å². The number of methoxy groups -OCH3 is 1. The number of H-pyrrole nitrogens is 1. The van der Waals surface area contributed by atoms with Crippen molar-refractivity contribution in [2.75, 3.05) is 33.4 Å². The van der Waals surface area contributed by atoms with Crippen LogP contribution in [0.3, 0.4) is 0 Å². The predicted molar refractivity (Wildman–Crippen MR) is 120 cm³/mol. The predicted octanol–water partition coefficient (Wildman–Crippen LogP) is 3.48. The number of aliphatic hydroxyl groups excluding tert-OH is 1. The summed E-state index contributed by atoms with van der Waals surface area (Å²) >= 11 is 6.38. The number of aromatic amines is 1. The van der Waals surface area contributed by atoms with Crippen LogP contribution >= 0.6 is 11.6 Å². The van der Waals surface area contributed by atoms with Crippen molar-refractivity contribution in [2.45, 2.75) is 24.9 Å². The van der Waals surface area contributed by atoms with E-state index < -0.39 is 0 Å². The zero-order chi connectivity index (χ0) is 21.8. The fourth-order valence-corrected chi connectivity index (χ4v) is 5.58. The largest absolute Gasteiger partial charge is 0.497 e. The van der Waals surface area contributed by atoms with Crippen LogP contribution in [0.25, 0.3) is 10.9 Å². The Kier molecular flexibility index (Phi) is 4.96. The lowest BCUT2D eigenvalue weighted by Gasteiger charge is -2.56. The van der Waals surface area contributed by atoms with Crippen molar-refractivity contribution in [1.82, 2.24) is 14.8 Å². The molecule has 0 unspecified atom stereocenters. The Morgan fingerprint density at radius 2 is 2.03 bits per heavy atom. The molecule has 3 aromatic rings. The molecule has 1 amide bonds. The van der Waals surface area contributed by atoms with Gasteiger partial charge in [-0.05, 0) is 29.3 Å². The minimum Gasteiger partial charge on any atom is -0.497 e. The van der Waals surface area contributed by atoms with Gasteiger partial charge in [-0.3, -0.25) is 9.69 Å². The highest BCUT2D eigenvalue weighted by molar-refractivity contribution is 6.31. The number of rotatable bonds is 4. The molecule has 2 aromatic carbocycles. The third-order valence-electron chi connectivity index (χ3n) is 6.73. The molecule has 162 valence electrons. The summed E-state index contributed by atoms with van der Waals surface area (Å²) in [5.41, 5.74) is 4.05. The molecule has 0 aliphatic carbocycles. The SMILES string of the molecule is COc1ccc2c3c([nH]c2c1)[C@@H](CO)N(C(C)=O)CC31CN(Cc2ccccc2Cl)C1. The van der Waals surface area contributed by atoms with Crippen molar-refractivity contribution < 1.29 is 14.6 Å². The van der Waals surface area contributed by atoms with Gasteiger partial charge in [-0.25, -0.2) is 0 Å². The van der Waals surface area contributed by atoms with Crippen molar-refractivity contribution in [3.63, 3.8) is 0 Å². The zero-order valence-electron chi connectivity index (χ0n) is 17.7. The van der Waals surface area contributed by atoms with E-state index in [4.69, 9.17) is 16.3 Å². The molecule has 0 radical (unpaired) electrons. The number of nitrogens with one attached hydrogen (secondary N) is 1. The Balaban J connectivity index is 1.55. The van der Waals surface area contributed by atoms with Crippen molar-refractivity contribution in [2.24, 2.45) is 0 Å². The fourth-order valence-electron chi connectivity index (χ4n) is 5.38. The second-order valence-electron chi connectivity index (χ2n) is 8.69. The Morgan fingerprint density at radius 1 is 1.26 bits per heavy atom. The van der Waals surface area contributed by atoms with Crippen LogP contribution in [0.1, 0.15) is 29.8 Å². The number of halogens is 1. The van der Waals surface area contributed by atoms with Crippen molar-refractivity contribution in [3.8, 4) is 5.75 Å². The second-order valence-corrected chi connectivity index (χ2v) is 9.09. The molecule has 6 nitrogen and oxygen atoms in total. The van der Waals surface area contributed by atoms with Crippen LogP contribution < -0.4 is 4.74 Å². The standard InChI is InChI=1S/C24H26ClN3O3/c1-15(30)28-14-24(12-27(13-24)10-16-5-3-4-6-19(16)25)22-18-8-7-17(31-2)9-20(18)26-23(22)21(28)11-29/h3-9,21,26,29H,10-14H2,1-2H3/t21-/m1/s1. The summed E-state index contributed by atoms with van der Waals surface area (Å²) in [4.78, 5) is 20.2. The smallest absolute Gasteiger partial charge is 0.220 e. The molecule has 31 heavy (non-hydrogen) atoms. The maximum atomic E-state index is 12.5. The highest BCUT2D eigenvalue weighted by Gasteiger charge is 2.53. The molecule has 5 rings (SSSR count). The summed E-state index contributed by atoms with van der Waals surface area (Å²) in [6, 6.07) is 13.6. The summed E-state index contributed by atoms with van der Waals surface area (Å²) in [5.74, 6) is 0.753. The van der Waals surface area contributed by atoms with Crippen LogP contribution in [0.5, 0.6) is 5.75 Å². The summed E-state index contributed by atoms with van der Waals surface area (Å²) in [6.07, 6.45) is 0. The molecule has 2 aliphatic heterocycles. The first-order valence-electron chi connectivity index (χ1n) is 10.5. The number of likely N-dealkylation sites (tertiary alicyclic amines) is 1. The van der Waals surface area contributed by atoms with Gasteiger partial charge in [0.1, 0.15) is 5.75 Å². The normalized spacial score (nSPS) is 20.0. The van der Waals surface area contributed by atoms with E-state index in [-0.39, 0.29) is 24.0 Å². The van der Waals surface area contributed by atoms with Crippen LogP contribution in [-0.2, 0) is 16.8 Å². The molecule has 7 heteroatoms. The molecule has 1 spiro atoms. The molecule has 3 heterocycles. The van der Waals surface area contributed by atoms with Crippen LogP contribution in [0, 0.1) is 0 Å². The first-order valence-corrected chi connectivity index (χ1v) is 10.9. The maximum Gasteiger partial charge on any atom is 0.220 e. The van der Waals surface area contributed by atoms with Gasteiger partial charge in [0.25, 0.3) is 0 Å². The number of amides is 1. The van der Waals surface area contributed by atoms with E-state index in [0.29, 0.717) is 6.54 Å². The molecule has 1 fully saturated rings. The molecule has 2 aliphatic rings. The maximum absolute atomic E-state index is 12.5. The average Bonchev–Trinajstić information content (AvgIpc) is 3.12. The molecule has 0 saturated carbocycles. The van der Waals surface area contributed by atoms with E-state index in [1.54, 1.807) is 14.0 Å². The molecule has 1 saturated heterocycles. The number of hydrogen-bond donors (Lipinski definition) is 2. The van der Waals surface area contributed by atoms with Gasteiger partial charge in [-0.2, -0.15) is 0 Å². The molecular weight excluding hydrogens is 414 g/mol. The Morgan fingerprint density at radius 3 is 2.71 bits per heavy atom. The van der Waals surface area contributed by atoms with Gasteiger partial charge >= 0.3 is 0 Å². The summed E-state index contributed by atoms with van der Waals surface area (Å²) in [5, 5.41) is 12.1. The van der Waals surface area contributed by atoms with Crippen LogP contribution in [0.2, 0.25) is 5.02 Å². The summed E-state index contributed by atoms with van der Waals surface area (Å²) in [7, 11) is 1.65. The van der Waals surface area contributed by atoms with Crippen LogP contribution in [-0.4, -0.2) is 59.1 Å². The van der Waals surface area contributed by atoms with Gasteiger partial charge in [-0.1, -0.05) is 29.8 Å². The first-order chi connectivity index (χ1) is 15.0. The number of fused-ring (bicyclic) bond motifs is 4. The zero-order valence-corrected chi connectivity index (χ0v) is 18.4. The quantitative estimate of drug-likeness (QED) is 0.653. The van der Waals surface area contributed by atoms with Gasteiger partial charge in [0.2, 0.25) is 5.91 Å². The van der Waals surface area contributed by atoms with Crippen LogP contribution in [0.15, 0.2) is 42.5 Å². The van der Waals surface area contributed by atoms with E-state index >= 15 is 0 Å². The second kappa shape index (κ2) is 7.55. The fraction of sp³-hybridized carbons (Fsp3) is 0.375. The minimum atomic E-state index is -0.367. The van der Waals surface area contributed by atoms with Gasteiger partial charge in [-0.15, -0.1) is 0 Å². The van der Waals surface area contributed by atoms with Gasteiger partial charge in [0.05, 0.1) is 19.8 Å². The minimum absolute atomic E-state index is 0.0233. The molecule has 0 bridgehead atoms. The number of ether oxygens (including phenoxy) is 1. The number of aliphatic hydroxyl groups is 1. The van der Waals surface area contributed by atoms with Crippen LogP contribution in [0.4, 0.5) is 0 Å². The molecule has 1 atom stereocenters. The number of nitrogens with zero attached hydrogens (tertiary/aromatic N) is 2. The summed E-state index contributed by atoms with van der Waals surface area (Å²) in [6.45, 7) is 4.48. The van der Waals surface area contributed by atoms with E-state index in [1.807, 2.05) is 35.2 Å². The first kappa shape index (κ1) is 20.4. The average molecular weight is 440 g/mol. The Hall–Kier alpha value is -2.54. The van der Waals surface area contributed by atoms with E-state index in [0.717, 1.165) is 52.6 Å². The molecule has 2 N–H and O–H groups in total. The lowest BCUT2D eigenvalue weighted by Crippen LogP contribution is -2.66. The lowest BCUT2D eigenvalue weighted by molar-refractivity contribution is -0.136. The lowest BCUT2D eigenvalue weighted by atomic mass is 9.68. The van der Waals surface area contributed by atoms with Crippen molar-refractivity contribution >= 4 is 28.4 Å². The monoisotopic (exact) mass is 439 g/mol. The van der Waals surface area contributed by atoms with E-state index in [9.17, 15) is 9.90 Å². The summed E-state index contributed by atoms with van der Waals surface area (Å²) < 4.78 is 5.40. The van der Waals surface area contributed by atoms with Gasteiger partial charge in [0.15, 0.2) is 0 Å². The van der Waals surface area contributed by atoms with Crippen molar-refractivity contribution in [1.29, 1.82) is 0 Å². The number of carbonyl (C=O) groups excluding carboxylic acids is 1.